The van der Waals surface area contributed by atoms with E-state index in [1.54, 1.807) is 25.3 Å². The van der Waals surface area contributed by atoms with Gasteiger partial charge in [-0.2, -0.15) is 0 Å². The number of hydrogen-bond acceptors (Lipinski definition) is 4. The van der Waals surface area contributed by atoms with Crippen molar-refractivity contribution < 1.29 is 28.5 Å². The lowest BCUT2D eigenvalue weighted by atomic mass is 9.78. The second-order valence-corrected chi connectivity index (χ2v) is 11.9. The number of rotatable bonds is 8. The van der Waals surface area contributed by atoms with Crippen LogP contribution in [0.15, 0.2) is 54.6 Å². The Hall–Kier alpha value is -3.38. The van der Waals surface area contributed by atoms with Crippen molar-refractivity contribution in [2.75, 3.05) is 14.2 Å². The van der Waals surface area contributed by atoms with E-state index in [0.717, 1.165) is 47.3 Å². The van der Waals surface area contributed by atoms with Gasteiger partial charge in [0, 0.05) is 18.1 Å². The van der Waals surface area contributed by atoms with E-state index in [4.69, 9.17) is 14.2 Å². The molecule has 0 heterocycles. The van der Waals surface area contributed by atoms with Crippen LogP contribution in [0.25, 0.3) is 11.1 Å². The summed E-state index contributed by atoms with van der Waals surface area (Å²) in [6.45, 7) is 6.62. The first-order chi connectivity index (χ1) is 18.6. The zero-order chi connectivity index (χ0) is 27.9. The van der Waals surface area contributed by atoms with Gasteiger partial charge < -0.3 is 19.3 Å². The van der Waals surface area contributed by atoms with Crippen LogP contribution in [0, 0.1) is 17.2 Å². The number of carboxylic acids is 1. The number of ether oxygens (including phenoxy) is 3. The summed E-state index contributed by atoms with van der Waals surface area (Å²) in [5.41, 5.74) is 4.91. The van der Waals surface area contributed by atoms with Gasteiger partial charge in [0.2, 0.25) is 0 Å². The molecule has 5 rings (SSSR count). The number of benzene rings is 3. The zero-order valence-corrected chi connectivity index (χ0v) is 23.3. The Balaban J connectivity index is 1.46. The van der Waals surface area contributed by atoms with E-state index in [0.29, 0.717) is 18.6 Å². The normalized spacial score (nSPS) is 20.8. The number of methoxy groups -OCH3 is 2. The first-order valence-corrected chi connectivity index (χ1v) is 13.6. The van der Waals surface area contributed by atoms with E-state index in [1.807, 2.05) is 30.3 Å². The fourth-order valence-corrected chi connectivity index (χ4v) is 6.41. The summed E-state index contributed by atoms with van der Waals surface area (Å²) in [5, 5.41) is 9.65. The Labute approximate surface area is 229 Å². The average molecular weight is 533 g/mol. The molecule has 1 fully saturated rings. The maximum atomic E-state index is 15.3. The third-order valence-corrected chi connectivity index (χ3v) is 8.36. The van der Waals surface area contributed by atoms with Crippen molar-refractivity contribution in [1.29, 1.82) is 0 Å². The fourth-order valence-electron chi connectivity index (χ4n) is 6.41. The molecule has 0 unspecified atom stereocenters. The van der Waals surface area contributed by atoms with Crippen molar-refractivity contribution >= 4 is 5.97 Å². The summed E-state index contributed by atoms with van der Waals surface area (Å²) < 4.78 is 32.8. The van der Waals surface area contributed by atoms with Crippen molar-refractivity contribution in [3.63, 3.8) is 0 Å². The molecule has 3 aromatic carbocycles. The summed E-state index contributed by atoms with van der Waals surface area (Å²) in [4.78, 5) is 11.7. The summed E-state index contributed by atoms with van der Waals surface area (Å²) >= 11 is 0. The molecule has 0 amide bonds. The van der Waals surface area contributed by atoms with Crippen LogP contribution in [-0.4, -0.2) is 25.3 Å². The number of hydrogen-bond donors (Lipinski definition) is 1. The number of halogens is 1. The van der Waals surface area contributed by atoms with Crippen LogP contribution in [-0.2, 0) is 28.0 Å². The smallest absolute Gasteiger partial charge is 0.307 e. The minimum Gasteiger partial charge on any atom is -0.494 e. The van der Waals surface area contributed by atoms with Crippen molar-refractivity contribution in [3.05, 3.63) is 82.7 Å². The predicted molar refractivity (Wildman–Crippen MR) is 149 cm³/mol. The van der Waals surface area contributed by atoms with Crippen molar-refractivity contribution in [1.82, 2.24) is 0 Å². The molecule has 1 saturated carbocycles. The highest BCUT2D eigenvalue weighted by Gasteiger charge is 2.60. The molecule has 206 valence electrons. The predicted octanol–water partition coefficient (Wildman–Crippen LogP) is 7.49. The van der Waals surface area contributed by atoms with Crippen LogP contribution in [0.3, 0.4) is 0 Å². The number of aryl methyl sites for hydroxylation is 1. The molecule has 39 heavy (non-hydrogen) atoms. The van der Waals surface area contributed by atoms with Gasteiger partial charge in [-0.15, -0.1) is 0 Å². The summed E-state index contributed by atoms with van der Waals surface area (Å²) in [6, 6.07) is 17.2. The molecular formula is C33H37FO5. The van der Waals surface area contributed by atoms with E-state index in [2.05, 4.69) is 26.8 Å². The monoisotopic (exact) mass is 532 g/mol. The molecule has 0 aromatic heterocycles. The van der Waals surface area contributed by atoms with Gasteiger partial charge in [-0.1, -0.05) is 51.1 Å². The van der Waals surface area contributed by atoms with Gasteiger partial charge in [-0.3, -0.25) is 4.79 Å². The molecule has 2 aliphatic rings. The molecule has 0 bridgehead atoms. The number of aliphatic carboxylic acids is 1. The zero-order valence-electron chi connectivity index (χ0n) is 23.3. The summed E-state index contributed by atoms with van der Waals surface area (Å²) in [6.07, 6.45) is 3.33. The summed E-state index contributed by atoms with van der Waals surface area (Å²) in [7, 11) is 3.14. The average Bonchev–Trinajstić information content (AvgIpc) is 3.63. The van der Waals surface area contributed by atoms with E-state index >= 15 is 4.39 Å². The number of carbonyl (C=O) groups is 1. The van der Waals surface area contributed by atoms with Gasteiger partial charge >= 0.3 is 5.97 Å². The first-order valence-electron chi connectivity index (χ1n) is 13.6. The van der Waals surface area contributed by atoms with E-state index in [1.165, 1.54) is 12.7 Å². The lowest BCUT2D eigenvalue weighted by molar-refractivity contribution is -0.139. The lowest BCUT2D eigenvalue weighted by Gasteiger charge is -2.32. The number of carboxylic acid groups (broad SMARTS) is 1. The molecule has 0 aliphatic heterocycles. The number of fused-ring (bicyclic) bond motifs is 2. The molecule has 1 spiro atoms. The molecule has 0 radical (unpaired) electrons. The van der Waals surface area contributed by atoms with Crippen LogP contribution in [0.4, 0.5) is 4.39 Å². The maximum absolute atomic E-state index is 15.3. The van der Waals surface area contributed by atoms with Gasteiger partial charge in [-0.05, 0) is 83.2 Å². The van der Waals surface area contributed by atoms with Crippen LogP contribution in [0.5, 0.6) is 11.5 Å². The molecular weight excluding hydrogens is 495 g/mol. The highest BCUT2D eigenvalue weighted by Crippen LogP contribution is 2.60. The van der Waals surface area contributed by atoms with E-state index < -0.39 is 11.8 Å². The van der Waals surface area contributed by atoms with Crippen LogP contribution in [0.1, 0.15) is 68.4 Å². The minimum absolute atomic E-state index is 0.196. The molecule has 2 aliphatic carbocycles. The van der Waals surface area contributed by atoms with Crippen LogP contribution in [0.2, 0.25) is 0 Å². The SMILES string of the molecule is COc1cccc(-c2ccc(COc3ccc4c(c3)[C@]3(CCC4)C[C@H]3C(=O)O)cc2[C@H](OC)C(C)(C)C)c1F. The van der Waals surface area contributed by atoms with Gasteiger partial charge in [0.25, 0.3) is 0 Å². The topological polar surface area (TPSA) is 65.0 Å². The second-order valence-electron chi connectivity index (χ2n) is 11.9. The Kier molecular flexibility index (Phi) is 7.19. The van der Waals surface area contributed by atoms with E-state index in [9.17, 15) is 9.90 Å². The Morgan fingerprint density at radius 3 is 2.56 bits per heavy atom. The van der Waals surface area contributed by atoms with Crippen molar-refractivity contribution in [3.8, 4) is 22.6 Å². The van der Waals surface area contributed by atoms with Gasteiger partial charge in [-0.25, -0.2) is 4.39 Å². The second kappa shape index (κ2) is 10.3. The summed E-state index contributed by atoms with van der Waals surface area (Å²) in [5.74, 6) is -0.490. The highest BCUT2D eigenvalue weighted by atomic mass is 19.1. The van der Waals surface area contributed by atoms with Crippen molar-refractivity contribution in [2.45, 2.75) is 64.6 Å². The quantitative estimate of drug-likeness (QED) is 0.326. The van der Waals surface area contributed by atoms with Gasteiger partial charge in [0.05, 0.1) is 19.1 Å². The van der Waals surface area contributed by atoms with Gasteiger partial charge in [0.1, 0.15) is 12.4 Å². The van der Waals surface area contributed by atoms with Crippen LogP contribution < -0.4 is 9.47 Å². The minimum atomic E-state index is -0.708. The Morgan fingerprint density at radius 2 is 1.90 bits per heavy atom. The largest absolute Gasteiger partial charge is 0.494 e. The fraction of sp³-hybridized carbons (Fsp3) is 0.424. The molecule has 6 heteroatoms. The standard InChI is InChI=1S/C33H37FO5/c1-32(2,3)30(38-5)25-16-20(11-14-23(25)24-9-6-10-28(37-4)29(24)34)19-39-22-13-12-21-8-7-15-33(26(21)17-22)18-27(33)31(35)36/h6,9-14,16-17,27,30H,7-8,15,18-19H2,1-5H3,(H,35,36)/t27-,30-,33-/m0/s1. The first kappa shape index (κ1) is 27.2. The third-order valence-electron chi connectivity index (χ3n) is 8.36. The molecule has 3 aromatic rings. The lowest BCUT2D eigenvalue weighted by Crippen LogP contribution is -2.21. The Morgan fingerprint density at radius 1 is 1.10 bits per heavy atom. The highest BCUT2D eigenvalue weighted by molar-refractivity contribution is 5.78. The Bertz CT molecular complexity index is 1390. The maximum Gasteiger partial charge on any atom is 0.307 e. The van der Waals surface area contributed by atoms with Crippen LogP contribution >= 0.6 is 0 Å². The third kappa shape index (κ3) is 5.03. The molecule has 1 N–H and O–H groups in total. The van der Waals surface area contributed by atoms with Crippen molar-refractivity contribution in [2.24, 2.45) is 11.3 Å². The molecule has 0 saturated heterocycles. The molecule has 3 atom stereocenters. The van der Waals surface area contributed by atoms with E-state index in [-0.39, 0.29) is 28.6 Å². The molecule has 5 nitrogen and oxygen atoms in total. The van der Waals surface area contributed by atoms with Gasteiger partial charge in [0.15, 0.2) is 11.6 Å².